The largest absolute Gasteiger partial charge is 0.328 e. The fourth-order valence-corrected chi connectivity index (χ4v) is 2.07. The van der Waals surface area contributed by atoms with Gasteiger partial charge in [-0.3, -0.25) is 4.90 Å². The van der Waals surface area contributed by atoms with Gasteiger partial charge in [-0.15, -0.1) is 11.3 Å². The van der Waals surface area contributed by atoms with Crippen molar-refractivity contribution in [2.45, 2.75) is 12.5 Å². The van der Waals surface area contributed by atoms with E-state index in [4.69, 9.17) is 5.73 Å². The van der Waals surface area contributed by atoms with Crippen LogP contribution in [0, 0.1) is 0 Å². The van der Waals surface area contributed by atoms with E-state index in [-0.39, 0.29) is 5.54 Å². The lowest BCUT2D eigenvalue weighted by Crippen LogP contribution is -2.44. The molecule has 12 heavy (non-hydrogen) atoms. The van der Waals surface area contributed by atoms with Crippen LogP contribution in [0.4, 0.5) is 0 Å². The van der Waals surface area contributed by atoms with Crippen molar-refractivity contribution in [1.29, 1.82) is 0 Å². The summed E-state index contributed by atoms with van der Waals surface area (Å²) in [6.07, 6.45) is 0. The average Bonchev–Trinajstić information content (AvgIpc) is 2.54. The van der Waals surface area contributed by atoms with E-state index >= 15 is 0 Å². The van der Waals surface area contributed by atoms with Crippen LogP contribution in [0.25, 0.3) is 0 Å². The Kier molecular flexibility index (Phi) is 2.88. The highest BCUT2D eigenvalue weighted by atomic mass is 32.1. The predicted molar refractivity (Wildman–Crippen MR) is 54.4 cm³/mol. The number of hydrogen-bond donors (Lipinski definition) is 1. The number of nitrogens with zero attached hydrogens (tertiary/aromatic N) is 1. The second kappa shape index (κ2) is 3.56. The Bertz CT molecular complexity index is 231. The van der Waals surface area contributed by atoms with Crippen molar-refractivity contribution in [3.8, 4) is 0 Å². The molecule has 0 aliphatic carbocycles. The van der Waals surface area contributed by atoms with E-state index in [9.17, 15) is 0 Å². The Hall–Kier alpha value is -0.380. The molecule has 0 saturated carbocycles. The predicted octanol–water partition coefficient (Wildman–Crippen LogP) is 1.48. The Morgan fingerprint density at radius 2 is 2.25 bits per heavy atom. The molecule has 1 unspecified atom stereocenters. The van der Waals surface area contributed by atoms with Crippen LogP contribution in [-0.2, 0) is 5.54 Å². The molecule has 1 aromatic heterocycles. The van der Waals surface area contributed by atoms with E-state index in [2.05, 4.69) is 43.4 Å². The van der Waals surface area contributed by atoms with Gasteiger partial charge in [0.2, 0.25) is 0 Å². The van der Waals surface area contributed by atoms with Crippen LogP contribution in [-0.4, -0.2) is 25.5 Å². The Morgan fingerprint density at radius 1 is 1.58 bits per heavy atom. The van der Waals surface area contributed by atoms with Gasteiger partial charge in [-0.05, 0) is 32.5 Å². The lowest BCUT2D eigenvalue weighted by Gasteiger charge is -2.34. The lowest BCUT2D eigenvalue weighted by molar-refractivity contribution is 0.187. The molecule has 0 fully saturated rings. The molecule has 1 heterocycles. The molecule has 0 aliphatic rings. The monoisotopic (exact) mass is 184 g/mol. The molecule has 0 aliphatic heterocycles. The van der Waals surface area contributed by atoms with Crippen molar-refractivity contribution in [2.24, 2.45) is 5.73 Å². The van der Waals surface area contributed by atoms with Gasteiger partial charge < -0.3 is 5.73 Å². The van der Waals surface area contributed by atoms with Crippen LogP contribution in [0.3, 0.4) is 0 Å². The molecule has 0 bridgehead atoms. The fraction of sp³-hybridized carbons (Fsp3) is 0.556. The first kappa shape index (κ1) is 9.71. The molecular weight excluding hydrogens is 168 g/mol. The first-order valence-electron chi connectivity index (χ1n) is 4.03. The fourth-order valence-electron chi connectivity index (χ4n) is 1.09. The summed E-state index contributed by atoms with van der Waals surface area (Å²) in [6, 6.07) is 4.20. The third-order valence-electron chi connectivity index (χ3n) is 2.44. The second-order valence-electron chi connectivity index (χ2n) is 3.35. The van der Waals surface area contributed by atoms with Gasteiger partial charge in [0.25, 0.3) is 0 Å². The summed E-state index contributed by atoms with van der Waals surface area (Å²) in [6.45, 7) is 2.82. The van der Waals surface area contributed by atoms with E-state index in [0.717, 1.165) is 0 Å². The normalized spacial score (nSPS) is 16.4. The Morgan fingerprint density at radius 3 is 2.58 bits per heavy atom. The van der Waals surface area contributed by atoms with Crippen LogP contribution in [0.2, 0.25) is 0 Å². The lowest BCUT2D eigenvalue weighted by atomic mass is 9.99. The Labute approximate surface area is 78.0 Å². The molecule has 2 N–H and O–H groups in total. The van der Waals surface area contributed by atoms with Crippen LogP contribution in [0.1, 0.15) is 11.8 Å². The first-order valence-corrected chi connectivity index (χ1v) is 4.90. The minimum absolute atomic E-state index is 0.00579. The number of nitrogens with two attached hydrogens (primary N) is 1. The third kappa shape index (κ3) is 1.53. The molecule has 3 heteroatoms. The molecule has 1 aromatic rings. The maximum atomic E-state index is 5.76. The zero-order valence-corrected chi connectivity index (χ0v) is 8.69. The van der Waals surface area contributed by atoms with Crippen LogP contribution >= 0.6 is 11.3 Å². The van der Waals surface area contributed by atoms with Crippen LogP contribution in [0.5, 0.6) is 0 Å². The van der Waals surface area contributed by atoms with Crippen molar-refractivity contribution in [3.05, 3.63) is 22.4 Å². The van der Waals surface area contributed by atoms with Crippen molar-refractivity contribution in [2.75, 3.05) is 20.6 Å². The smallest absolute Gasteiger partial charge is 0.0644 e. The summed E-state index contributed by atoms with van der Waals surface area (Å²) in [5, 5.41) is 2.09. The Balaban J connectivity index is 2.96. The number of thiophene rings is 1. The SMILES string of the molecule is CN(C)C(C)(CN)c1cccs1. The molecule has 0 saturated heterocycles. The summed E-state index contributed by atoms with van der Waals surface area (Å²) in [5.41, 5.74) is 5.76. The summed E-state index contributed by atoms with van der Waals surface area (Å²) >= 11 is 1.76. The van der Waals surface area contributed by atoms with Crippen molar-refractivity contribution in [1.82, 2.24) is 4.90 Å². The van der Waals surface area contributed by atoms with E-state index < -0.39 is 0 Å². The van der Waals surface area contributed by atoms with Crippen LogP contribution < -0.4 is 5.73 Å². The molecule has 0 aromatic carbocycles. The van der Waals surface area contributed by atoms with Gasteiger partial charge in [-0.1, -0.05) is 6.07 Å². The summed E-state index contributed by atoms with van der Waals surface area (Å²) < 4.78 is 0. The van der Waals surface area contributed by atoms with Gasteiger partial charge >= 0.3 is 0 Å². The zero-order chi connectivity index (χ0) is 9.19. The van der Waals surface area contributed by atoms with Crippen LogP contribution in [0.15, 0.2) is 17.5 Å². The topological polar surface area (TPSA) is 29.3 Å². The zero-order valence-electron chi connectivity index (χ0n) is 7.87. The molecule has 2 nitrogen and oxygen atoms in total. The van der Waals surface area contributed by atoms with Crippen molar-refractivity contribution in [3.63, 3.8) is 0 Å². The quantitative estimate of drug-likeness (QED) is 0.771. The summed E-state index contributed by atoms with van der Waals surface area (Å²) in [7, 11) is 4.12. The first-order chi connectivity index (χ1) is 5.61. The van der Waals surface area contributed by atoms with Gasteiger partial charge in [-0.2, -0.15) is 0 Å². The molecule has 0 spiro atoms. The highest BCUT2D eigenvalue weighted by Crippen LogP contribution is 2.28. The van der Waals surface area contributed by atoms with Gasteiger partial charge in [-0.25, -0.2) is 0 Å². The van der Waals surface area contributed by atoms with Gasteiger partial charge in [0.05, 0.1) is 5.54 Å². The molecular formula is C9H16N2S. The highest BCUT2D eigenvalue weighted by Gasteiger charge is 2.28. The van der Waals surface area contributed by atoms with E-state index in [1.54, 1.807) is 11.3 Å². The number of hydrogen-bond acceptors (Lipinski definition) is 3. The molecule has 68 valence electrons. The minimum atomic E-state index is -0.00579. The van der Waals surface area contributed by atoms with Crippen molar-refractivity contribution >= 4 is 11.3 Å². The summed E-state index contributed by atoms with van der Waals surface area (Å²) in [5.74, 6) is 0. The minimum Gasteiger partial charge on any atom is -0.328 e. The molecule has 1 atom stereocenters. The maximum absolute atomic E-state index is 5.76. The molecule has 0 amide bonds. The summed E-state index contributed by atoms with van der Waals surface area (Å²) in [4.78, 5) is 3.49. The third-order valence-corrected chi connectivity index (χ3v) is 3.56. The average molecular weight is 184 g/mol. The van der Waals surface area contributed by atoms with E-state index in [1.165, 1.54) is 4.88 Å². The standard InChI is InChI=1S/C9H16N2S/c1-9(7-10,11(2)3)8-5-4-6-12-8/h4-6H,7,10H2,1-3H3. The molecule has 0 radical (unpaired) electrons. The molecule has 1 rings (SSSR count). The van der Waals surface area contributed by atoms with E-state index in [1.807, 2.05) is 0 Å². The number of rotatable bonds is 3. The van der Waals surface area contributed by atoms with Gasteiger partial charge in [0.1, 0.15) is 0 Å². The van der Waals surface area contributed by atoms with Gasteiger partial charge in [0.15, 0.2) is 0 Å². The van der Waals surface area contributed by atoms with E-state index in [0.29, 0.717) is 6.54 Å². The number of likely N-dealkylation sites (N-methyl/N-ethyl adjacent to an activating group) is 1. The highest BCUT2D eigenvalue weighted by molar-refractivity contribution is 7.10. The van der Waals surface area contributed by atoms with Gasteiger partial charge in [0, 0.05) is 11.4 Å². The second-order valence-corrected chi connectivity index (χ2v) is 4.30. The van der Waals surface area contributed by atoms with Crippen molar-refractivity contribution < 1.29 is 0 Å². The maximum Gasteiger partial charge on any atom is 0.0644 e.